The molecule has 0 aromatic heterocycles. The molecule has 3 N–H and O–H groups in total. The van der Waals surface area contributed by atoms with Gasteiger partial charge in [-0.15, -0.1) is 6.42 Å². The Morgan fingerprint density at radius 3 is 2.38 bits per heavy atom. The molecule has 0 unspecified atom stereocenters. The second-order valence-electron chi connectivity index (χ2n) is 4.52. The van der Waals surface area contributed by atoms with Crippen LogP contribution in [0.2, 0.25) is 0 Å². The van der Waals surface area contributed by atoms with Crippen LogP contribution in [0.4, 0.5) is 10.5 Å². The lowest BCUT2D eigenvalue weighted by Gasteiger charge is -2.08. The smallest absolute Gasteiger partial charge is 0.319 e. The SMILES string of the molecule is C#Cc1ccc(NC(=O)NCCc2ccc(O)cc2)cc1. The number of phenolic OH excluding ortho intramolecular Hbond substituents is 1. The van der Waals surface area contributed by atoms with Crippen molar-refractivity contribution < 1.29 is 9.90 Å². The van der Waals surface area contributed by atoms with Gasteiger partial charge in [0.15, 0.2) is 0 Å². The van der Waals surface area contributed by atoms with Gasteiger partial charge >= 0.3 is 6.03 Å². The second kappa shape index (κ2) is 7.01. The van der Waals surface area contributed by atoms with Crippen molar-refractivity contribution in [2.75, 3.05) is 11.9 Å². The molecule has 0 saturated heterocycles. The van der Waals surface area contributed by atoms with Crippen LogP contribution in [0.25, 0.3) is 0 Å². The number of amides is 2. The zero-order chi connectivity index (χ0) is 15.1. The summed E-state index contributed by atoms with van der Waals surface area (Å²) in [5, 5.41) is 14.7. The van der Waals surface area contributed by atoms with Gasteiger partial charge in [-0.2, -0.15) is 0 Å². The molecule has 4 nitrogen and oxygen atoms in total. The molecule has 0 radical (unpaired) electrons. The molecule has 106 valence electrons. The second-order valence-corrected chi connectivity index (χ2v) is 4.52. The van der Waals surface area contributed by atoms with Gasteiger partial charge in [-0.3, -0.25) is 0 Å². The molecule has 2 aromatic rings. The number of benzene rings is 2. The summed E-state index contributed by atoms with van der Waals surface area (Å²) in [5.74, 6) is 2.75. The Morgan fingerprint density at radius 2 is 1.76 bits per heavy atom. The first-order chi connectivity index (χ1) is 10.2. The van der Waals surface area contributed by atoms with Gasteiger partial charge in [-0.1, -0.05) is 18.1 Å². The van der Waals surface area contributed by atoms with Crippen LogP contribution in [-0.2, 0) is 6.42 Å². The van der Waals surface area contributed by atoms with E-state index in [1.807, 2.05) is 12.1 Å². The van der Waals surface area contributed by atoms with Crippen molar-refractivity contribution in [2.24, 2.45) is 0 Å². The van der Waals surface area contributed by atoms with Gasteiger partial charge in [0.05, 0.1) is 0 Å². The molecule has 0 spiro atoms. The Balaban J connectivity index is 1.76. The summed E-state index contributed by atoms with van der Waals surface area (Å²) in [4.78, 5) is 11.7. The molecule has 0 atom stereocenters. The molecule has 2 rings (SSSR count). The Labute approximate surface area is 123 Å². The number of phenols is 1. The van der Waals surface area contributed by atoms with Crippen LogP contribution in [0.15, 0.2) is 48.5 Å². The molecule has 2 aromatic carbocycles. The molecule has 0 aliphatic heterocycles. The molecule has 0 aliphatic rings. The highest BCUT2D eigenvalue weighted by Gasteiger charge is 2.01. The van der Waals surface area contributed by atoms with Crippen molar-refractivity contribution in [2.45, 2.75) is 6.42 Å². The van der Waals surface area contributed by atoms with E-state index in [-0.39, 0.29) is 11.8 Å². The minimum absolute atomic E-state index is 0.236. The molecule has 0 saturated carbocycles. The van der Waals surface area contributed by atoms with E-state index in [4.69, 9.17) is 6.42 Å². The van der Waals surface area contributed by atoms with E-state index >= 15 is 0 Å². The third kappa shape index (κ3) is 4.59. The third-order valence-electron chi connectivity index (χ3n) is 2.95. The Bertz CT molecular complexity index is 640. The van der Waals surface area contributed by atoms with Crippen LogP contribution in [-0.4, -0.2) is 17.7 Å². The van der Waals surface area contributed by atoms with Crippen LogP contribution in [0.3, 0.4) is 0 Å². The number of carbonyl (C=O) groups is 1. The highest BCUT2D eigenvalue weighted by atomic mass is 16.3. The van der Waals surface area contributed by atoms with E-state index in [0.717, 1.165) is 11.1 Å². The summed E-state index contributed by atoms with van der Waals surface area (Å²) in [6.45, 7) is 0.513. The number of rotatable bonds is 4. The first-order valence-corrected chi connectivity index (χ1v) is 6.57. The number of carbonyl (C=O) groups excluding carboxylic acids is 1. The van der Waals surface area contributed by atoms with Gasteiger partial charge in [0.25, 0.3) is 0 Å². The standard InChI is InChI=1S/C17H16N2O2/c1-2-13-3-7-15(8-4-13)19-17(21)18-12-11-14-5-9-16(20)10-6-14/h1,3-10,20H,11-12H2,(H2,18,19,21). The van der Waals surface area contributed by atoms with Gasteiger partial charge in [-0.25, -0.2) is 4.79 Å². The van der Waals surface area contributed by atoms with Gasteiger partial charge < -0.3 is 15.7 Å². The maximum absolute atomic E-state index is 11.7. The topological polar surface area (TPSA) is 61.4 Å². The van der Waals surface area contributed by atoms with E-state index in [2.05, 4.69) is 16.6 Å². The molecule has 21 heavy (non-hydrogen) atoms. The fraction of sp³-hybridized carbons (Fsp3) is 0.118. The van der Waals surface area contributed by atoms with Gasteiger partial charge in [0.1, 0.15) is 5.75 Å². The molecule has 4 heteroatoms. The summed E-state index contributed by atoms with van der Waals surface area (Å²) >= 11 is 0. The van der Waals surface area contributed by atoms with Crippen LogP contribution < -0.4 is 10.6 Å². The van der Waals surface area contributed by atoms with Crippen molar-refractivity contribution in [3.05, 3.63) is 59.7 Å². The zero-order valence-corrected chi connectivity index (χ0v) is 11.5. The van der Waals surface area contributed by atoms with Crippen LogP contribution in [0, 0.1) is 12.3 Å². The lowest BCUT2D eigenvalue weighted by Crippen LogP contribution is -2.30. The van der Waals surface area contributed by atoms with Crippen LogP contribution in [0.5, 0.6) is 5.75 Å². The highest BCUT2D eigenvalue weighted by Crippen LogP contribution is 2.10. The summed E-state index contributed by atoms with van der Waals surface area (Å²) < 4.78 is 0. The van der Waals surface area contributed by atoms with E-state index < -0.39 is 0 Å². The minimum Gasteiger partial charge on any atom is -0.508 e. The zero-order valence-electron chi connectivity index (χ0n) is 11.5. The average Bonchev–Trinajstić information content (AvgIpc) is 2.50. The normalized spacial score (nSPS) is 9.67. The average molecular weight is 280 g/mol. The number of hydrogen-bond acceptors (Lipinski definition) is 2. The van der Waals surface area contributed by atoms with Crippen molar-refractivity contribution in [3.8, 4) is 18.1 Å². The fourth-order valence-corrected chi connectivity index (χ4v) is 1.81. The van der Waals surface area contributed by atoms with Crippen molar-refractivity contribution >= 4 is 11.7 Å². The Morgan fingerprint density at radius 1 is 1.10 bits per heavy atom. The van der Waals surface area contributed by atoms with Gasteiger partial charge in [0.2, 0.25) is 0 Å². The molecule has 2 amide bonds. The predicted octanol–water partition coefficient (Wildman–Crippen LogP) is 2.74. The number of terminal acetylenes is 1. The monoisotopic (exact) mass is 280 g/mol. The summed E-state index contributed by atoms with van der Waals surface area (Å²) in [5.41, 5.74) is 2.51. The van der Waals surface area contributed by atoms with Crippen LogP contribution >= 0.6 is 0 Å². The fourth-order valence-electron chi connectivity index (χ4n) is 1.81. The summed E-state index contributed by atoms with van der Waals surface area (Å²) in [7, 11) is 0. The van der Waals surface area contributed by atoms with Crippen molar-refractivity contribution in [1.29, 1.82) is 0 Å². The number of hydrogen-bond donors (Lipinski definition) is 3. The van der Waals surface area contributed by atoms with E-state index in [0.29, 0.717) is 18.7 Å². The first kappa shape index (κ1) is 14.5. The first-order valence-electron chi connectivity index (χ1n) is 6.57. The molecule has 0 fully saturated rings. The Kier molecular flexibility index (Phi) is 4.84. The van der Waals surface area contributed by atoms with Crippen molar-refractivity contribution in [1.82, 2.24) is 5.32 Å². The molecule has 0 bridgehead atoms. The van der Waals surface area contributed by atoms with Gasteiger partial charge in [0, 0.05) is 17.8 Å². The summed E-state index contributed by atoms with van der Waals surface area (Å²) in [6, 6.07) is 13.7. The molecular formula is C17H16N2O2. The molecule has 0 heterocycles. The van der Waals surface area contributed by atoms with Crippen molar-refractivity contribution in [3.63, 3.8) is 0 Å². The lowest BCUT2D eigenvalue weighted by molar-refractivity contribution is 0.252. The lowest BCUT2D eigenvalue weighted by atomic mass is 10.1. The van der Waals surface area contributed by atoms with E-state index in [1.165, 1.54) is 0 Å². The maximum atomic E-state index is 11.7. The number of anilines is 1. The molecule has 0 aliphatic carbocycles. The number of nitrogens with one attached hydrogen (secondary N) is 2. The van der Waals surface area contributed by atoms with Gasteiger partial charge in [-0.05, 0) is 48.4 Å². The largest absolute Gasteiger partial charge is 0.508 e. The Hall–Kier alpha value is -2.93. The van der Waals surface area contributed by atoms with E-state index in [9.17, 15) is 9.90 Å². The van der Waals surface area contributed by atoms with Crippen LogP contribution in [0.1, 0.15) is 11.1 Å². The predicted molar refractivity (Wildman–Crippen MR) is 83.2 cm³/mol. The highest BCUT2D eigenvalue weighted by molar-refractivity contribution is 5.89. The maximum Gasteiger partial charge on any atom is 0.319 e. The van der Waals surface area contributed by atoms with E-state index in [1.54, 1.807) is 36.4 Å². The summed E-state index contributed by atoms with van der Waals surface area (Å²) in [6.07, 6.45) is 5.96. The number of aromatic hydroxyl groups is 1. The third-order valence-corrected chi connectivity index (χ3v) is 2.95. The quantitative estimate of drug-likeness (QED) is 0.754. The number of urea groups is 1. The molecular weight excluding hydrogens is 264 g/mol. The minimum atomic E-state index is -0.262.